The van der Waals surface area contributed by atoms with Crippen molar-refractivity contribution in [3.63, 3.8) is 0 Å². The molecule has 2 nitrogen and oxygen atoms in total. The van der Waals surface area contributed by atoms with E-state index in [1.165, 1.54) is 12.3 Å². The lowest BCUT2D eigenvalue weighted by Crippen LogP contribution is -1.84. The Labute approximate surface area is 92.1 Å². The normalized spacial score (nSPS) is 12.0. The fourth-order valence-corrected chi connectivity index (χ4v) is 2.02. The quantitative estimate of drug-likeness (QED) is 0.651. The molecule has 16 heavy (non-hydrogen) atoms. The van der Waals surface area contributed by atoms with Crippen LogP contribution in [0.2, 0.25) is 0 Å². The van der Waals surface area contributed by atoms with Gasteiger partial charge < -0.3 is 9.40 Å². The van der Waals surface area contributed by atoms with E-state index in [-0.39, 0.29) is 5.82 Å². The van der Waals surface area contributed by atoms with Crippen LogP contribution < -0.4 is 0 Å². The summed E-state index contributed by atoms with van der Waals surface area (Å²) in [6.45, 7) is 4.20. The molecule has 2 heterocycles. The topological polar surface area (TPSA) is 28.9 Å². The number of furan rings is 1. The molecule has 0 unspecified atom stereocenters. The summed E-state index contributed by atoms with van der Waals surface area (Å²) in [6, 6.07) is 5.22. The first-order valence-electron chi connectivity index (χ1n) is 5.35. The number of nitrogens with one attached hydrogen (secondary N) is 1. The average Bonchev–Trinajstić information content (AvgIpc) is 2.80. The van der Waals surface area contributed by atoms with Gasteiger partial charge in [-0.25, -0.2) is 4.39 Å². The second-order valence-electron chi connectivity index (χ2n) is 4.36. The van der Waals surface area contributed by atoms with Gasteiger partial charge in [-0.2, -0.15) is 0 Å². The molecule has 0 amide bonds. The second kappa shape index (κ2) is 3.11. The van der Waals surface area contributed by atoms with Gasteiger partial charge in [-0.15, -0.1) is 0 Å². The minimum absolute atomic E-state index is 0.242. The molecule has 1 aromatic carbocycles. The SMILES string of the molecule is CC(C)c1cc2c(cc(F)c3ccoc32)[nH]1. The summed E-state index contributed by atoms with van der Waals surface area (Å²) in [6.07, 6.45) is 1.52. The highest BCUT2D eigenvalue weighted by atomic mass is 19.1. The molecule has 0 atom stereocenters. The summed E-state index contributed by atoms with van der Waals surface area (Å²) < 4.78 is 19.0. The van der Waals surface area contributed by atoms with E-state index in [2.05, 4.69) is 18.8 Å². The average molecular weight is 217 g/mol. The molecule has 0 bridgehead atoms. The van der Waals surface area contributed by atoms with E-state index in [9.17, 15) is 4.39 Å². The summed E-state index contributed by atoms with van der Waals surface area (Å²) in [5.41, 5.74) is 2.51. The first kappa shape index (κ1) is 9.46. The van der Waals surface area contributed by atoms with E-state index in [0.29, 0.717) is 16.9 Å². The molecule has 0 aliphatic heterocycles. The number of hydrogen-bond donors (Lipinski definition) is 1. The van der Waals surface area contributed by atoms with E-state index >= 15 is 0 Å². The number of H-pyrrole nitrogens is 1. The number of aromatic amines is 1. The van der Waals surface area contributed by atoms with Crippen molar-refractivity contribution in [3.8, 4) is 0 Å². The highest BCUT2D eigenvalue weighted by molar-refractivity contribution is 6.03. The molecule has 0 fully saturated rings. The summed E-state index contributed by atoms with van der Waals surface area (Å²) in [7, 11) is 0. The molecule has 0 aliphatic carbocycles. The molecule has 2 aromatic heterocycles. The van der Waals surface area contributed by atoms with Crippen LogP contribution in [-0.2, 0) is 0 Å². The molecule has 3 heteroatoms. The predicted molar refractivity (Wildman–Crippen MR) is 62.1 cm³/mol. The number of fused-ring (bicyclic) bond motifs is 3. The summed E-state index contributed by atoms with van der Waals surface area (Å²) >= 11 is 0. The molecule has 0 saturated heterocycles. The number of rotatable bonds is 1. The van der Waals surface area contributed by atoms with Crippen molar-refractivity contribution in [1.82, 2.24) is 4.98 Å². The van der Waals surface area contributed by atoms with Crippen LogP contribution in [0.4, 0.5) is 4.39 Å². The van der Waals surface area contributed by atoms with Crippen LogP contribution in [0.5, 0.6) is 0 Å². The minimum Gasteiger partial charge on any atom is -0.464 e. The van der Waals surface area contributed by atoms with E-state index < -0.39 is 0 Å². The molecule has 1 N–H and O–H groups in total. The lowest BCUT2D eigenvalue weighted by molar-refractivity contribution is 0.614. The number of aromatic nitrogens is 1. The monoisotopic (exact) mass is 217 g/mol. The van der Waals surface area contributed by atoms with Crippen molar-refractivity contribution in [1.29, 1.82) is 0 Å². The molecule has 0 spiro atoms. The first-order valence-corrected chi connectivity index (χ1v) is 5.35. The van der Waals surface area contributed by atoms with Crippen LogP contribution >= 0.6 is 0 Å². The van der Waals surface area contributed by atoms with Gasteiger partial charge in [-0.05, 0) is 24.1 Å². The Morgan fingerprint density at radius 2 is 2.06 bits per heavy atom. The van der Waals surface area contributed by atoms with Crippen LogP contribution in [0.25, 0.3) is 21.9 Å². The van der Waals surface area contributed by atoms with Gasteiger partial charge in [0.25, 0.3) is 0 Å². The van der Waals surface area contributed by atoms with Crippen molar-refractivity contribution in [3.05, 3.63) is 36.0 Å². The van der Waals surface area contributed by atoms with Crippen LogP contribution in [0.3, 0.4) is 0 Å². The summed E-state index contributed by atoms with van der Waals surface area (Å²) in [4.78, 5) is 3.22. The molecule has 0 radical (unpaired) electrons. The van der Waals surface area contributed by atoms with Gasteiger partial charge >= 0.3 is 0 Å². The molecule has 0 aliphatic rings. The summed E-state index contributed by atoms with van der Waals surface area (Å²) in [5.74, 6) is 0.147. The second-order valence-corrected chi connectivity index (χ2v) is 4.36. The molecule has 3 aromatic rings. The third kappa shape index (κ3) is 1.18. The maximum atomic E-state index is 13.7. The molecule has 0 saturated carbocycles. The highest BCUT2D eigenvalue weighted by Crippen LogP contribution is 2.30. The van der Waals surface area contributed by atoms with Gasteiger partial charge in [0.2, 0.25) is 0 Å². The van der Waals surface area contributed by atoms with Gasteiger partial charge in [0.1, 0.15) is 11.4 Å². The third-order valence-corrected chi connectivity index (χ3v) is 2.93. The zero-order valence-corrected chi connectivity index (χ0v) is 9.17. The number of benzene rings is 1. The van der Waals surface area contributed by atoms with Gasteiger partial charge in [0.15, 0.2) is 0 Å². The van der Waals surface area contributed by atoms with Crippen molar-refractivity contribution in [2.24, 2.45) is 0 Å². The maximum Gasteiger partial charge on any atom is 0.146 e. The Balaban J connectivity index is 2.45. The number of hydrogen-bond acceptors (Lipinski definition) is 1. The van der Waals surface area contributed by atoms with Gasteiger partial charge in [-0.3, -0.25) is 0 Å². The lowest BCUT2D eigenvalue weighted by Gasteiger charge is -1.97. The van der Waals surface area contributed by atoms with Crippen LogP contribution in [0, 0.1) is 5.82 Å². The van der Waals surface area contributed by atoms with E-state index in [1.54, 1.807) is 6.07 Å². The van der Waals surface area contributed by atoms with E-state index in [0.717, 1.165) is 16.6 Å². The Hall–Kier alpha value is -1.77. The Kier molecular flexibility index (Phi) is 1.84. The van der Waals surface area contributed by atoms with E-state index in [4.69, 9.17) is 4.42 Å². The minimum atomic E-state index is -0.242. The highest BCUT2D eigenvalue weighted by Gasteiger charge is 2.12. The van der Waals surface area contributed by atoms with Crippen LogP contribution in [0.15, 0.2) is 28.9 Å². The summed E-state index contributed by atoms with van der Waals surface area (Å²) in [5, 5.41) is 1.49. The van der Waals surface area contributed by atoms with E-state index in [1.807, 2.05) is 6.07 Å². The fraction of sp³-hybridized carbons (Fsp3) is 0.231. The fourth-order valence-electron chi connectivity index (χ4n) is 2.02. The smallest absolute Gasteiger partial charge is 0.146 e. The van der Waals surface area contributed by atoms with Crippen LogP contribution in [0.1, 0.15) is 25.5 Å². The molecule has 82 valence electrons. The lowest BCUT2D eigenvalue weighted by atomic mass is 10.1. The van der Waals surface area contributed by atoms with Crippen molar-refractivity contribution in [2.45, 2.75) is 19.8 Å². The van der Waals surface area contributed by atoms with Gasteiger partial charge in [-0.1, -0.05) is 13.8 Å². The first-order chi connectivity index (χ1) is 7.66. The Bertz CT molecular complexity index is 663. The third-order valence-electron chi connectivity index (χ3n) is 2.93. The Morgan fingerprint density at radius 3 is 2.81 bits per heavy atom. The van der Waals surface area contributed by atoms with Crippen LogP contribution in [-0.4, -0.2) is 4.98 Å². The molecular formula is C13H12FNO. The zero-order chi connectivity index (χ0) is 11.3. The van der Waals surface area contributed by atoms with Crippen molar-refractivity contribution in [2.75, 3.05) is 0 Å². The van der Waals surface area contributed by atoms with Crippen molar-refractivity contribution >= 4 is 21.9 Å². The number of halogens is 1. The zero-order valence-electron chi connectivity index (χ0n) is 9.17. The Morgan fingerprint density at radius 1 is 1.25 bits per heavy atom. The molecular weight excluding hydrogens is 205 g/mol. The maximum absolute atomic E-state index is 13.7. The van der Waals surface area contributed by atoms with Crippen molar-refractivity contribution < 1.29 is 8.81 Å². The largest absolute Gasteiger partial charge is 0.464 e. The van der Waals surface area contributed by atoms with Gasteiger partial charge in [0.05, 0.1) is 17.2 Å². The molecule has 3 rings (SSSR count). The predicted octanol–water partition coefficient (Wildman–Crippen LogP) is 4.18. The van der Waals surface area contributed by atoms with Gasteiger partial charge in [0, 0.05) is 11.1 Å². The standard InChI is InChI=1S/C13H12FNO/c1-7(2)11-5-9-12(15-11)6-10(14)8-3-4-16-13(8)9/h3-7,15H,1-2H3.